The van der Waals surface area contributed by atoms with Crippen molar-refractivity contribution >= 4 is 0 Å². The van der Waals surface area contributed by atoms with Gasteiger partial charge in [0, 0.05) is 23.1 Å². The number of ether oxygens (including phenoxy) is 1. The molecule has 0 saturated heterocycles. The molecule has 0 aromatic heterocycles. The molecule has 0 radical (unpaired) electrons. The number of hydrogen-bond acceptors (Lipinski definition) is 2. The Hall–Kier alpha value is -1.16. The Balaban J connectivity index is 3.39. The smallest absolute Gasteiger partial charge is 0.133 e. The van der Waals surface area contributed by atoms with Crippen LogP contribution in [0.15, 0.2) is 12.1 Å². The average molecular weight is 216 g/mol. The molecule has 4 heteroatoms. The van der Waals surface area contributed by atoms with E-state index >= 15 is 0 Å². The van der Waals surface area contributed by atoms with Gasteiger partial charge >= 0.3 is 0 Å². The van der Waals surface area contributed by atoms with Crippen LogP contribution < -0.4 is 4.74 Å². The quantitative estimate of drug-likeness (QED) is 0.839. The lowest BCUT2D eigenvalue weighted by Gasteiger charge is -2.25. The van der Waals surface area contributed by atoms with E-state index in [-0.39, 0.29) is 17.9 Å². The molecule has 0 atom stereocenters. The van der Waals surface area contributed by atoms with Crippen LogP contribution in [0.2, 0.25) is 0 Å². The summed E-state index contributed by atoms with van der Waals surface area (Å²) >= 11 is 0. The van der Waals surface area contributed by atoms with Gasteiger partial charge in [0.15, 0.2) is 0 Å². The highest BCUT2D eigenvalue weighted by Crippen LogP contribution is 2.34. The number of benzene rings is 1. The summed E-state index contributed by atoms with van der Waals surface area (Å²) in [7, 11) is 1.34. The third-order valence-electron chi connectivity index (χ3n) is 2.31. The maximum absolute atomic E-state index is 13.5. The molecule has 0 aliphatic rings. The number of aliphatic hydroxyl groups is 1. The van der Waals surface area contributed by atoms with Crippen LogP contribution >= 0.6 is 0 Å². The number of aliphatic hydroxyl groups excluding tert-OH is 1. The van der Waals surface area contributed by atoms with Gasteiger partial charge in [0.2, 0.25) is 0 Å². The Bertz CT molecular complexity index is 362. The van der Waals surface area contributed by atoms with E-state index in [1.807, 2.05) is 0 Å². The average Bonchev–Trinajstić information content (AvgIpc) is 2.15. The zero-order chi connectivity index (χ0) is 11.6. The molecular formula is C11H14F2O2. The molecule has 1 aromatic carbocycles. The van der Waals surface area contributed by atoms with E-state index in [4.69, 9.17) is 9.84 Å². The predicted molar refractivity (Wildman–Crippen MR) is 53.0 cm³/mol. The highest BCUT2D eigenvalue weighted by Gasteiger charge is 2.28. The standard InChI is InChI=1S/C11H14F2O2/c1-11(2,6-14)10-8(13)4-7(12)5-9(10)15-3/h4-5,14H,6H2,1-3H3. The number of hydrogen-bond donors (Lipinski definition) is 1. The summed E-state index contributed by atoms with van der Waals surface area (Å²) in [4.78, 5) is 0. The fourth-order valence-electron chi connectivity index (χ4n) is 1.45. The minimum Gasteiger partial charge on any atom is -0.496 e. The predicted octanol–water partition coefficient (Wildman–Crippen LogP) is 2.24. The fraction of sp³-hybridized carbons (Fsp3) is 0.455. The van der Waals surface area contributed by atoms with Gasteiger partial charge in [-0.3, -0.25) is 0 Å². The summed E-state index contributed by atoms with van der Waals surface area (Å²) in [6, 6.07) is 1.89. The molecule has 0 spiro atoms. The third-order valence-corrected chi connectivity index (χ3v) is 2.31. The van der Waals surface area contributed by atoms with Crippen molar-refractivity contribution in [2.75, 3.05) is 13.7 Å². The van der Waals surface area contributed by atoms with E-state index in [1.165, 1.54) is 7.11 Å². The molecule has 1 N–H and O–H groups in total. The molecule has 0 heterocycles. The third kappa shape index (κ3) is 2.26. The highest BCUT2D eigenvalue weighted by atomic mass is 19.1. The Labute approximate surface area is 87.5 Å². The number of methoxy groups -OCH3 is 1. The summed E-state index contributed by atoms with van der Waals surface area (Å²) in [5.41, 5.74) is -0.614. The van der Waals surface area contributed by atoms with Crippen LogP contribution in [0.1, 0.15) is 19.4 Å². The second-order valence-corrected chi connectivity index (χ2v) is 4.01. The van der Waals surface area contributed by atoms with Crippen LogP contribution in [0.3, 0.4) is 0 Å². The van der Waals surface area contributed by atoms with Crippen molar-refractivity contribution in [2.45, 2.75) is 19.3 Å². The fourth-order valence-corrected chi connectivity index (χ4v) is 1.45. The van der Waals surface area contributed by atoms with Gasteiger partial charge in [0.1, 0.15) is 17.4 Å². The second-order valence-electron chi connectivity index (χ2n) is 4.01. The number of rotatable bonds is 3. The van der Waals surface area contributed by atoms with Crippen LogP contribution in [-0.2, 0) is 5.41 Å². The van der Waals surface area contributed by atoms with E-state index < -0.39 is 17.0 Å². The molecule has 1 aromatic rings. The van der Waals surface area contributed by atoms with Crippen molar-refractivity contribution in [3.05, 3.63) is 29.3 Å². The lowest BCUT2D eigenvalue weighted by molar-refractivity contribution is 0.210. The maximum Gasteiger partial charge on any atom is 0.133 e. The van der Waals surface area contributed by atoms with Crippen LogP contribution in [0.25, 0.3) is 0 Å². The summed E-state index contributed by atoms with van der Waals surface area (Å²) in [5.74, 6) is -1.28. The molecule has 0 bridgehead atoms. The molecule has 84 valence electrons. The molecule has 1 rings (SSSR count). The monoisotopic (exact) mass is 216 g/mol. The summed E-state index contributed by atoms with van der Waals surface area (Å²) in [6.07, 6.45) is 0. The lowest BCUT2D eigenvalue weighted by atomic mass is 9.84. The molecule has 0 saturated carbocycles. The van der Waals surface area contributed by atoms with E-state index in [0.29, 0.717) is 0 Å². The van der Waals surface area contributed by atoms with Gasteiger partial charge in [-0.15, -0.1) is 0 Å². The van der Waals surface area contributed by atoms with E-state index in [1.54, 1.807) is 13.8 Å². The van der Waals surface area contributed by atoms with Crippen molar-refractivity contribution in [3.8, 4) is 5.75 Å². The van der Waals surface area contributed by atoms with Crippen molar-refractivity contribution in [1.82, 2.24) is 0 Å². The molecule has 0 fully saturated rings. The van der Waals surface area contributed by atoms with Crippen molar-refractivity contribution in [1.29, 1.82) is 0 Å². The van der Waals surface area contributed by atoms with Crippen LogP contribution in [-0.4, -0.2) is 18.8 Å². The van der Waals surface area contributed by atoms with E-state index in [9.17, 15) is 8.78 Å². The molecule has 0 amide bonds. The topological polar surface area (TPSA) is 29.5 Å². The first-order valence-electron chi connectivity index (χ1n) is 4.56. The van der Waals surface area contributed by atoms with E-state index in [0.717, 1.165) is 12.1 Å². The molecule has 0 aliphatic heterocycles. The maximum atomic E-state index is 13.5. The molecular weight excluding hydrogens is 202 g/mol. The van der Waals surface area contributed by atoms with Gasteiger partial charge in [0.05, 0.1) is 13.7 Å². The summed E-state index contributed by atoms with van der Waals surface area (Å²) < 4.78 is 31.4. The Morgan fingerprint density at radius 2 is 1.93 bits per heavy atom. The van der Waals surface area contributed by atoms with Crippen molar-refractivity contribution < 1.29 is 18.6 Å². The van der Waals surface area contributed by atoms with Gasteiger partial charge < -0.3 is 9.84 Å². The van der Waals surface area contributed by atoms with Crippen molar-refractivity contribution in [2.24, 2.45) is 0 Å². The normalized spacial score (nSPS) is 11.6. The van der Waals surface area contributed by atoms with Gasteiger partial charge in [-0.05, 0) is 0 Å². The number of halogens is 2. The van der Waals surface area contributed by atoms with Crippen LogP contribution in [0.4, 0.5) is 8.78 Å². The Kier molecular flexibility index (Phi) is 3.29. The van der Waals surface area contributed by atoms with Gasteiger partial charge in [0.25, 0.3) is 0 Å². The van der Waals surface area contributed by atoms with Crippen LogP contribution in [0, 0.1) is 11.6 Å². The van der Waals surface area contributed by atoms with Crippen molar-refractivity contribution in [3.63, 3.8) is 0 Å². The first kappa shape index (κ1) is 11.9. The molecule has 0 aliphatic carbocycles. The minimum absolute atomic E-state index is 0.117. The molecule has 15 heavy (non-hydrogen) atoms. The Morgan fingerprint density at radius 1 is 1.33 bits per heavy atom. The van der Waals surface area contributed by atoms with Gasteiger partial charge in [-0.25, -0.2) is 8.78 Å². The lowest BCUT2D eigenvalue weighted by Crippen LogP contribution is -2.24. The first-order chi connectivity index (χ1) is 6.92. The van der Waals surface area contributed by atoms with Crippen LogP contribution in [0.5, 0.6) is 5.75 Å². The van der Waals surface area contributed by atoms with Gasteiger partial charge in [-0.2, -0.15) is 0 Å². The zero-order valence-electron chi connectivity index (χ0n) is 8.97. The Morgan fingerprint density at radius 3 is 2.40 bits per heavy atom. The largest absolute Gasteiger partial charge is 0.496 e. The zero-order valence-corrected chi connectivity index (χ0v) is 8.97. The summed E-state index contributed by atoms with van der Waals surface area (Å²) in [6.45, 7) is 3.07. The van der Waals surface area contributed by atoms with E-state index in [2.05, 4.69) is 0 Å². The summed E-state index contributed by atoms with van der Waals surface area (Å²) in [5, 5.41) is 9.15. The minimum atomic E-state index is -0.802. The highest BCUT2D eigenvalue weighted by molar-refractivity contribution is 5.40. The SMILES string of the molecule is COc1cc(F)cc(F)c1C(C)(C)CO. The first-order valence-corrected chi connectivity index (χ1v) is 4.56. The van der Waals surface area contributed by atoms with Gasteiger partial charge in [-0.1, -0.05) is 13.8 Å². The molecule has 2 nitrogen and oxygen atoms in total. The molecule has 0 unspecified atom stereocenters. The second kappa shape index (κ2) is 4.14.